The fourth-order valence-corrected chi connectivity index (χ4v) is 1.67. The van der Waals surface area contributed by atoms with Gasteiger partial charge in [0.15, 0.2) is 0 Å². The predicted octanol–water partition coefficient (Wildman–Crippen LogP) is 0.0985. The van der Waals surface area contributed by atoms with Crippen molar-refractivity contribution in [2.75, 3.05) is 20.2 Å². The second kappa shape index (κ2) is 4.95. The number of carbonyl (C=O) groups excluding carboxylic acids is 1. The van der Waals surface area contributed by atoms with Crippen molar-refractivity contribution in [2.24, 2.45) is 0 Å². The smallest absolute Gasteiger partial charge is 0.321 e. The van der Waals surface area contributed by atoms with Gasteiger partial charge < -0.3 is 9.84 Å². The summed E-state index contributed by atoms with van der Waals surface area (Å²) in [6, 6.07) is -0.718. The van der Waals surface area contributed by atoms with Gasteiger partial charge in [-0.3, -0.25) is 14.5 Å². The number of carboxylic acids is 1. The molecule has 0 spiro atoms. The van der Waals surface area contributed by atoms with Crippen molar-refractivity contribution in [3.8, 4) is 0 Å². The lowest BCUT2D eigenvalue weighted by molar-refractivity contribution is -0.150. The summed E-state index contributed by atoms with van der Waals surface area (Å²) in [6.07, 6.45) is 1.95. The fourth-order valence-electron chi connectivity index (χ4n) is 1.67. The maximum absolute atomic E-state index is 11.0. The molecule has 1 N–H and O–H groups in total. The number of hydrogen-bond acceptors (Lipinski definition) is 4. The molecule has 0 aliphatic carbocycles. The summed E-state index contributed by atoms with van der Waals surface area (Å²) < 4.78 is 4.46. The summed E-state index contributed by atoms with van der Waals surface area (Å²) in [5.74, 6) is -1.42. The van der Waals surface area contributed by atoms with Crippen LogP contribution in [0.3, 0.4) is 0 Å². The van der Waals surface area contributed by atoms with Gasteiger partial charge in [0, 0.05) is 0 Å². The second-order valence-electron chi connectivity index (χ2n) is 3.38. The molecule has 1 saturated heterocycles. The third-order valence-electron chi connectivity index (χ3n) is 2.45. The first-order chi connectivity index (χ1) is 6.65. The Bertz CT molecular complexity index is 223. The molecule has 0 bridgehead atoms. The molecule has 5 heteroatoms. The van der Waals surface area contributed by atoms with Gasteiger partial charge in [-0.05, 0) is 25.9 Å². The van der Waals surface area contributed by atoms with E-state index >= 15 is 0 Å². The Labute approximate surface area is 82.6 Å². The summed E-state index contributed by atoms with van der Waals surface area (Å²) >= 11 is 0. The van der Waals surface area contributed by atoms with Gasteiger partial charge in [0.05, 0.1) is 13.5 Å². The standard InChI is InChI=1S/C9H15NO4/c1-14-8(11)6-7(9(12)13)10-4-2-3-5-10/h7H,2-6H2,1H3,(H,12,13). The second-order valence-corrected chi connectivity index (χ2v) is 3.38. The van der Waals surface area contributed by atoms with Crippen molar-refractivity contribution in [3.05, 3.63) is 0 Å². The lowest BCUT2D eigenvalue weighted by atomic mass is 10.2. The molecule has 14 heavy (non-hydrogen) atoms. The lowest BCUT2D eigenvalue weighted by Gasteiger charge is -2.22. The van der Waals surface area contributed by atoms with E-state index in [1.807, 2.05) is 4.90 Å². The molecule has 1 rings (SSSR count). The molecule has 1 atom stereocenters. The quantitative estimate of drug-likeness (QED) is 0.653. The van der Waals surface area contributed by atoms with E-state index in [9.17, 15) is 9.59 Å². The minimum Gasteiger partial charge on any atom is -0.480 e. The zero-order chi connectivity index (χ0) is 10.6. The number of methoxy groups -OCH3 is 1. The van der Waals surface area contributed by atoms with Crippen LogP contribution in [0.2, 0.25) is 0 Å². The Morgan fingerprint density at radius 3 is 2.43 bits per heavy atom. The first-order valence-corrected chi connectivity index (χ1v) is 4.69. The van der Waals surface area contributed by atoms with E-state index in [1.165, 1.54) is 7.11 Å². The normalized spacial score (nSPS) is 19.2. The molecule has 0 aromatic heterocycles. The molecule has 0 aromatic rings. The first kappa shape index (κ1) is 11.0. The fraction of sp³-hybridized carbons (Fsp3) is 0.778. The predicted molar refractivity (Wildman–Crippen MR) is 48.9 cm³/mol. The highest BCUT2D eigenvalue weighted by molar-refractivity contribution is 5.81. The summed E-state index contributed by atoms with van der Waals surface area (Å²) in [6.45, 7) is 1.52. The molecule has 1 unspecified atom stereocenters. The molecule has 0 saturated carbocycles. The highest BCUT2D eigenvalue weighted by Crippen LogP contribution is 2.14. The van der Waals surface area contributed by atoms with Crippen molar-refractivity contribution in [1.29, 1.82) is 0 Å². The molecular weight excluding hydrogens is 186 g/mol. The Hall–Kier alpha value is -1.10. The van der Waals surface area contributed by atoms with Crippen LogP contribution in [0.5, 0.6) is 0 Å². The minimum absolute atomic E-state index is 0.0637. The summed E-state index contributed by atoms with van der Waals surface area (Å²) in [4.78, 5) is 23.7. The minimum atomic E-state index is -0.947. The van der Waals surface area contributed by atoms with Crippen LogP contribution in [-0.4, -0.2) is 48.2 Å². The van der Waals surface area contributed by atoms with Crippen LogP contribution in [-0.2, 0) is 14.3 Å². The molecule has 1 aliphatic heterocycles. The topological polar surface area (TPSA) is 66.8 Å². The van der Waals surface area contributed by atoms with Crippen molar-refractivity contribution >= 4 is 11.9 Å². The van der Waals surface area contributed by atoms with Gasteiger partial charge in [0.2, 0.25) is 0 Å². The van der Waals surface area contributed by atoms with Crippen LogP contribution in [0.15, 0.2) is 0 Å². The van der Waals surface area contributed by atoms with Gasteiger partial charge in [-0.1, -0.05) is 0 Å². The molecule has 1 fully saturated rings. The molecule has 0 amide bonds. The Balaban J connectivity index is 2.54. The van der Waals surface area contributed by atoms with Gasteiger partial charge in [-0.15, -0.1) is 0 Å². The number of nitrogens with zero attached hydrogens (tertiary/aromatic N) is 1. The molecule has 0 aromatic carbocycles. The van der Waals surface area contributed by atoms with E-state index in [2.05, 4.69) is 4.74 Å². The first-order valence-electron chi connectivity index (χ1n) is 4.69. The molecule has 1 heterocycles. The average Bonchev–Trinajstić information content (AvgIpc) is 2.65. The number of esters is 1. The molecule has 80 valence electrons. The average molecular weight is 201 g/mol. The van der Waals surface area contributed by atoms with Crippen LogP contribution < -0.4 is 0 Å². The van der Waals surface area contributed by atoms with E-state index in [-0.39, 0.29) is 6.42 Å². The summed E-state index contributed by atoms with van der Waals surface area (Å²) in [5, 5.41) is 8.93. The molecular formula is C9H15NO4. The Morgan fingerprint density at radius 2 is 2.00 bits per heavy atom. The largest absolute Gasteiger partial charge is 0.480 e. The number of aliphatic carboxylic acids is 1. The third-order valence-corrected chi connectivity index (χ3v) is 2.45. The Morgan fingerprint density at radius 1 is 1.43 bits per heavy atom. The lowest BCUT2D eigenvalue weighted by Crippen LogP contribution is -2.41. The molecule has 5 nitrogen and oxygen atoms in total. The van der Waals surface area contributed by atoms with Crippen molar-refractivity contribution < 1.29 is 19.4 Å². The Kier molecular flexibility index (Phi) is 3.88. The number of ether oxygens (including phenoxy) is 1. The molecule has 1 aliphatic rings. The van der Waals surface area contributed by atoms with Crippen LogP contribution in [0.4, 0.5) is 0 Å². The van der Waals surface area contributed by atoms with Crippen LogP contribution in [0, 0.1) is 0 Å². The number of carbonyl (C=O) groups is 2. The number of hydrogen-bond donors (Lipinski definition) is 1. The zero-order valence-corrected chi connectivity index (χ0v) is 8.23. The van der Waals surface area contributed by atoms with E-state index in [1.54, 1.807) is 0 Å². The highest BCUT2D eigenvalue weighted by Gasteiger charge is 2.30. The highest BCUT2D eigenvalue weighted by atomic mass is 16.5. The van der Waals surface area contributed by atoms with Crippen molar-refractivity contribution in [1.82, 2.24) is 4.90 Å². The molecule has 0 radical (unpaired) electrons. The van der Waals surface area contributed by atoms with Gasteiger partial charge >= 0.3 is 11.9 Å². The van der Waals surface area contributed by atoms with Gasteiger partial charge in [-0.2, -0.15) is 0 Å². The van der Waals surface area contributed by atoms with Crippen LogP contribution in [0.1, 0.15) is 19.3 Å². The number of carboxylic acid groups (broad SMARTS) is 1. The SMILES string of the molecule is COC(=O)CC(C(=O)O)N1CCCC1. The maximum Gasteiger partial charge on any atom is 0.321 e. The van der Waals surface area contributed by atoms with Crippen LogP contribution in [0.25, 0.3) is 0 Å². The van der Waals surface area contributed by atoms with Crippen molar-refractivity contribution in [3.63, 3.8) is 0 Å². The van der Waals surface area contributed by atoms with E-state index in [0.29, 0.717) is 0 Å². The van der Waals surface area contributed by atoms with Gasteiger partial charge in [-0.25, -0.2) is 0 Å². The summed E-state index contributed by atoms with van der Waals surface area (Å²) in [5.41, 5.74) is 0. The summed E-state index contributed by atoms with van der Waals surface area (Å²) in [7, 11) is 1.27. The maximum atomic E-state index is 11.0. The van der Waals surface area contributed by atoms with Gasteiger partial charge in [0.1, 0.15) is 6.04 Å². The number of likely N-dealkylation sites (tertiary alicyclic amines) is 1. The van der Waals surface area contributed by atoms with Crippen molar-refractivity contribution in [2.45, 2.75) is 25.3 Å². The van der Waals surface area contributed by atoms with E-state index in [0.717, 1.165) is 25.9 Å². The zero-order valence-electron chi connectivity index (χ0n) is 8.23. The third kappa shape index (κ3) is 2.70. The van der Waals surface area contributed by atoms with E-state index < -0.39 is 18.0 Å². The van der Waals surface area contributed by atoms with Crippen LogP contribution >= 0.6 is 0 Å². The number of rotatable bonds is 4. The van der Waals surface area contributed by atoms with E-state index in [4.69, 9.17) is 5.11 Å². The van der Waals surface area contributed by atoms with Gasteiger partial charge in [0.25, 0.3) is 0 Å². The monoisotopic (exact) mass is 201 g/mol.